The fraction of sp³-hybridized carbons (Fsp3) is 0.192. The highest BCUT2D eigenvalue weighted by Gasteiger charge is 2.25. The second-order valence-corrected chi connectivity index (χ2v) is 10.9. The zero-order valence-corrected chi connectivity index (χ0v) is 22.4. The molecular weight excluding hydrogens is 529 g/mol. The SMILES string of the molecule is CC(=O)N[C@@H](Cc1ccccc1)C(=O)N[C@H](Cc1ccc(N[SH](=O)=O)cc1)c1csc(-c2cccs2)n1. The van der Waals surface area contributed by atoms with Crippen molar-refractivity contribution in [3.63, 3.8) is 0 Å². The van der Waals surface area contributed by atoms with Gasteiger partial charge >= 0.3 is 0 Å². The van der Waals surface area contributed by atoms with Crippen LogP contribution >= 0.6 is 22.7 Å². The lowest BCUT2D eigenvalue weighted by Gasteiger charge is -2.23. The number of thiol groups is 1. The van der Waals surface area contributed by atoms with Gasteiger partial charge in [-0.3, -0.25) is 14.3 Å². The summed E-state index contributed by atoms with van der Waals surface area (Å²) in [6, 6.07) is 19.2. The normalized spacial score (nSPS) is 12.6. The maximum atomic E-state index is 13.4. The number of carbonyl (C=O) groups excluding carboxylic acids is 2. The molecule has 2 amide bonds. The average Bonchev–Trinajstić information content (AvgIpc) is 3.57. The third kappa shape index (κ3) is 7.72. The molecule has 0 bridgehead atoms. The second-order valence-electron chi connectivity index (χ2n) is 8.33. The molecule has 0 aliphatic carbocycles. The number of thiophene rings is 1. The van der Waals surface area contributed by atoms with Crippen molar-refractivity contribution in [1.82, 2.24) is 15.6 Å². The number of nitrogens with zero attached hydrogens (tertiary/aromatic N) is 1. The lowest BCUT2D eigenvalue weighted by atomic mass is 10.0. The fourth-order valence-corrected chi connectivity index (χ4v) is 5.87. The molecule has 0 saturated carbocycles. The van der Waals surface area contributed by atoms with Gasteiger partial charge in [0.2, 0.25) is 22.7 Å². The van der Waals surface area contributed by atoms with E-state index < -0.39 is 23.0 Å². The Hall–Kier alpha value is -3.54. The van der Waals surface area contributed by atoms with Crippen LogP contribution in [-0.4, -0.2) is 31.3 Å². The van der Waals surface area contributed by atoms with Crippen LogP contribution in [0.1, 0.15) is 29.8 Å². The zero-order chi connectivity index (χ0) is 26.2. The molecule has 0 radical (unpaired) electrons. The van der Waals surface area contributed by atoms with E-state index in [0.29, 0.717) is 24.2 Å². The molecule has 11 heteroatoms. The molecule has 4 aromatic rings. The Balaban J connectivity index is 1.58. The van der Waals surface area contributed by atoms with Crippen molar-refractivity contribution in [2.75, 3.05) is 4.72 Å². The van der Waals surface area contributed by atoms with Crippen molar-refractivity contribution >= 4 is 51.1 Å². The number of hydrogen-bond acceptors (Lipinski definition) is 7. The first kappa shape index (κ1) is 26.5. The summed E-state index contributed by atoms with van der Waals surface area (Å²) in [5.74, 6) is -0.600. The van der Waals surface area contributed by atoms with Crippen molar-refractivity contribution < 1.29 is 18.0 Å². The highest BCUT2D eigenvalue weighted by atomic mass is 32.2. The first-order chi connectivity index (χ1) is 17.9. The maximum absolute atomic E-state index is 13.4. The molecule has 0 aliphatic rings. The van der Waals surface area contributed by atoms with Crippen molar-refractivity contribution in [1.29, 1.82) is 0 Å². The number of rotatable bonds is 11. The quantitative estimate of drug-likeness (QED) is 0.210. The number of anilines is 1. The molecule has 0 unspecified atom stereocenters. The number of thiazole rings is 1. The summed E-state index contributed by atoms with van der Waals surface area (Å²) in [4.78, 5) is 31.2. The van der Waals surface area contributed by atoms with Crippen LogP contribution in [0.25, 0.3) is 9.88 Å². The Labute approximate surface area is 224 Å². The molecule has 0 saturated heterocycles. The van der Waals surface area contributed by atoms with Gasteiger partial charge in [-0.2, -0.15) is 0 Å². The summed E-state index contributed by atoms with van der Waals surface area (Å²) < 4.78 is 24.3. The van der Waals surface area contributed by atoms with E-state index in [-0.39, 0.29) is 11.8 Å². The van der Waals surface area contributed by atoms with Crippen LogP contribution in [0.15, 0.2) is 77.5 Å². The van der Waals surface area contributed by atoms with Gasteiger partial charge in [0.05, 0.1) is 16.6 Å². The van der Waals surface area contributed by atoms with Gasteiger partial charge in [-0.25, -0.2) is 13.4 Å². The van der Waals surface area contributed by atoms with Gasteiger partial charge in [0, 0.05) is 24.4 Å². The van der Waals surface area contributed by atoms with Gasteiger partial charge in [0.1, 0.15) is 11.0 Å². The predicted octanol–water partition coefficient (Wildman–Crippen LogP) is 3.96. The van der Waals surface area contributed by atoms with E-state index in [2.05, 4.69) is 15.4 Å². The van der Waals surface area contributed by atoms with E-state index in [4.69, 9.17) is 4.98 Å². The minimum Gasteiger partial charge on any atom is -0.346 e. The first-order valence-electron chi connectivity index (χ1n) is 11.5. The molecule has 8 nitrogen and oxygen atoms in total. The monoisotopic (exact) mass is 554 g/mol. The Bertz CT molecular complexity index is 1390. The molecule has 4 rings (SSSR count). The van der Waals surface area contributed by atoms with Gasteiger partial charge in [0.25, 0.3) is 0 Å². The number of amides is 2. The highest BCUT2D eigenvalue weighted by Crippen LogP contribution is 2.31. The van der Waals surface area contributed by atoms with E-state index in [0.717, 1.165) is 21.0 Å². The summed E-state index contributed by atoms with van der Waals surface area (Å²) in [5.41, 5.74) is 3.00. The third-order valence-electron chi connectivity index (χ3n) is 5.52. The average molecular weight is 555 g/mol. The number of benzene rings is 2. The van der Waals surface area contributed by atoms with Crippen LogP contribution in [0.3, 0.4) is 0 Å². The maximum Gasteiger partial charge on any atom is 0.243 e. The molecular formula is C26H26N4O4S3. The van der Waals surface area contributed by atoms with Crippen molar-refractivity contribution in [2.24, 2.45) is 0 Å². The molecule has 37 heavy (non-hydrogen) atoms. The minimum absolute atomic E-state index is 0.291. The molecule has 0 fully saturated rings. The Morgan fingerprint density at radius 1 is 0.892 bits per heavy atom. The topological polar surface area (TPSA) is 117 Å². The summed E-state index contributed by atoms with van der Waals surface area (Å²) in [7, 11) is -2.75. The molecule has 2 aromatic carbocycles. The van der Waals surface area contributed by atoms with Gasteiger partial charge in [-0.05, 0) is 41.1 Å². The zero-order valence-electron chi connectivity index (χ0n) is 19.9. The van der Waals surface area contributed by atoms with Crippen LogP contribution in [0.4, 0.5) is 5.69 Å². The molecule has 3 N–H and O–H groups in total. The number of hydrogen-bond donors (Lipinski definition) is 4. The molecule has 2 aromatic heterocycles. The molecule has 192 valence electrons. The predicted molar refractivity (Wildman–Crippen MR) is 148 cm³/mol. The summed E-state index contributed by atoms with van der Waals surface area (Å²) in [6.45, 7) is 1.39. The number of nitrogens with one attached hydrogen (secondary N) is 3. The standard InChI is InChI=1S/C26H26N4O4S3/c1-17(31)27-22(15-18-6-3-2-4-7-18)25(32)28-21(14-19-9-11-20(12-10-19)30-37(33)34)23-16-36-26(29-23)24-8-5-13-35-24/h2-13,16,21-22,37H,14-15H2,1H3,(H,27,31)(H,28,32)(H,30,33,34)/t21-,22+/m1/s1. The molecule has 2 heterocycles. The van der Waals surface area contributed by atoms with Crippen LogP contribution in [0.2, 0.25) is 0 Å². The largest absolute Gasteiger partial charge is 0.346 e. The van der Waals surface area contributed by atoms with E-state index in [1.54, 1.807) is 23.5 Å². The number of carbonyl (C=O) groups is 2. The smallest absolute Gasteiger partial charge is 0.243 e. The van der Waals surface area contributed by atoms with Crippen molar-refractivity contribution in [3.8, 4) is 9.88 Å². The molecule has 0 spiro atoms. The molecule has 0 aliphatic heterocycles. The van der Waals surface area contributed by atoms with Crippen molar-refractivity contribution in [2.45, 2.75) is 31.8 Å². The third-order valence-corrected chi connectivity index (χ3v) is 7.86. The lowest BCUT2D eigenvalue weighted by molar-refractivity contribution is -0.128. The molecule has 2 atom stereocenters. The second kappa shape index (κ2) is 12.6. The van der Waals surface area contributed by atoms with E-state index in [1.165, 1.54) is 18.3 Å². The van der Waals surface area contributed by atoms with Crippen LogP contribution in [0, 0.1) is 0 Å². The van der Waals surface area contributed by atoms with Gasteiger partial charge < -0.3 is 10.6 Å². The highest BCUT2D eigenvalue weighted by molar-refractivity contribution is 7.73. The van der Waals surface area contributed by atoms with Gasteiger partial charge in [-0.1, -0.05) is 48.5 Å². The Morgan fingerprint density at radius 2 is 1.62 bits per heavy atom. The Kier molecular flexibility index (Phi) is 9.04. The first-order valence-corrected chi connectivity index (χ1v) is 14.4. The van der Waals surface area contributed by atoms with E-state index in [9.17, 15) is 18.0 Å². The van der Waals surface area contributed by atoms with Crippen LogP contribution < -0.4 is 15.4 Å². The Morgan fingerprint density at radius 3 is 2.27 bits per heavy atom. The van der Waals surface area contributed by atoms with Crippen LogP contribution in [-0.2, 0) is 33.3 Å². The minimum atomic E-state index is -2.75. The van der Waals surface area contributed by atoms with Gasteiger partial charge in [-0.15, -0.1) is 22.7 Å². The summed E-state index contributed by atoms with van der Waals surface area (Å²) in [5, 5.41) is 10.7. The summed E-state index contributed by atoms with van der Waals surface area (Å²) >= 11 is 3.10. The summed E-state index contributed by atoms with van der Waals surface area (Å²) in [6.07, 6.45) is 0.783. The van der Waals surface area contributed by atoms with E-state index in [1.807, 2.05) is 65.4 Å². The van der Waals surface area contributed by atoms with E-state index >= 15 is 0 Å². The lowest BCUT2D eigenvalue weighted by Crippen LogP contribution is -2.48. The van der Waals surface area contributed by atoms with Crippen molar-refractivity contribution in [3.05, 3.63) is 94.3 Å². The van der Waals surface area contributed by atoms with Gasteiger partial charge in [0.15, 0.2) is 0 Å². The van der Waals surface area contributed by atoms with Crippen LogP contribution in [0.5, 0.6) is 0 Å². The number of aromatic nitrogens is 1. The fourth-order valence-electron chi connectivity index (χ4n) is 3.82.